The van der Waals surface area contributed by atoms with Crippen LogP contribution in [0, 0.1) is 0 Å². The Balaban J connectivity index is 1.85. The van der Waals surface area contributed by atoms with E-state index >= 15 is 0 Å². The first kappa shape index (κ1) is 11.1. The fourth-order valence-corrected chi connectivity index (χ4v) is 1.84. The summed E-state index contributed by atoms with van der Waals surface area (Å²) >= 11 is 5.92. The van der Waals surface area contributed by atoms with Gasteiger partial charge in [0.05, 0.1) is 0 Å². The Morgan fingerprint density at radius 2 is 2.06 bits per heavy atom. The van der Waals surface area contributed by atoms with E-state index in [9.17, 15) is 0 Å². The maximum Gasteiger partial charge on any atom is 0.115 e. The molecule has 0 spiro atoms. The Labute approximate surface area is 100 Å². The van der Waals surface area contributed by atoms with E-state index in [0.29, 0.717) is 0 Å². The molecule has 0 N–H and O–H groups in total. The van der Waals surface area contributed by atoms with Gasteiger partial charge in [-0.15, -0.1) is 0 Å². The van der Waals surface area contributed by atoms with Crippen molar-refractivity contribution < 1.29 is 0 Å². The summed E-state index contributed by atoms with van der Waals surface area (Å²) in [5.41, 5.74) is 2.37. The van der Waals surface area contributed by atoms with E-state index in [2.05, 4.69) is 16.0 Å². The Kier molecular flexibility index (Phi) is 3.89. The van der Waals surface area contributed by atoms with E-state index in [4.69, 9.17) is 11.6 Å². The average Bonchev–Trinajstić information content (AvgIpc) is 2.30. The number of aromatic nitrogens is 2. The van der Waals surface area contributed by atoms with E-state index in [0.717, 1.165) is 30.0 Å². The molecule has 0 unspecified atom stereocenters. The molecule has 0 fully saturated rings. The van der Waals surface area contributed by atoms with Gasteiger partial charge in [0.15, 0.2) is 0 Å². The summed E-state index contributed by atoms with van der Waals surface area (Å²) in [6, 6.07) is 9.96. The standard InChI is InChI=1S/C13H13ClN2/c14-12-5-1-3-11(9-12)4-2-6-13-7-8-15-10-16-13/h1,3,5,7-10H,2,4,6H2. The molecule has 3 heteroatoms. The van der Waals surface area contributed by atoms with Crippen LogP contribution in [0.5, 0.6) is 0 Å². The van der Waals surface area contributed by atoms with Crippen molar-refractivity contribution in [2.45, 2.75) is 19.3 Å². The first-order chi connectivity index (χ1) is 7.84. The van der Waals surface area contributed by atoms with Gasteiger partial charge in [-0.2, -0.15) is 0 Å². The van der Waals surface area contributed by atoms with Crippen molar-refractivity contribution in [1.82, 2.24) is 9.97 Å². The zero-order valence-corrected chi connectivity index (χ0v) is 9.69. The predicted molar refractivity (Wildman–Crippen MR) is 65.5 cm³/mol. The summed E-state index contributed by atoms with van der Waals surface area (Å²) in [6.45, 7) is 0. The normalized spacial score (nSPS) is 10.3. The van der Waals surface area contributed by atoms with Gasteiger partial charge in [-0.25, -0.2) is 9.97 Å². The van der Waals surface area contributed by atoms with E-state index in [1.807, 2.05) is 24.3 Å². The van der Waals surface area contributed by atoms with Crippen molar-refractivity contribution in [2.24, 2.45) is 0 Å². The fraction of sp³-hybridized carbons (Fsp3) is 0.231. The molecule has 0 saturated carbocycles. The number of halogens is 1. The lowest BCUT2D eigenvalue weighted by Gasteiger charge is -2.01. The summed E-state index contributed by atoms with van der Waals surface area (Å²) in [5.74, 6) is 0. The third-order valence-electron chi connectivity index (χ3n) is 2.43. The lowest BCUT2D eigenvalue weighted by atomic mass is 10.1. The average molecular weight is 233 g/mol. The predicted octanol–water partition coefficient (Wildman–Crippen LogP) is 3.31. The molecule has 1 aromatic heterocycles. The minimum Gasteiger partial charge on any atom is -0.245 e. The summed E-state index contributed by atoms with van der Waals surface area (Å²) in [4.78, 5) is 8.08. The van der Waals surface area contributed by atoms with Gasteiger partial charge in [-0.05, 0) is 43.0 Å². The van der Waals surface area contributed by atoms with Crippen LogP contribution in [0.15, 0.2) is 42.9 Å². The van der Waals surface area contributed by atoms with E-state index in [1.165, 1.54) is 5.56 Å². The molecule has 0 amide bonds. The second kappa shape index (κ2) is 5.61. The van der Waals surface area contributed by atoms with Crippen LogP contribution in [-0.4, -0.2) is 9.97 Å². The second-order valence-electron chi connectivity index (χ2n) is 3.68. The van der Waals surface area contributed by atoms with Crippen LogP contribution in [0.25, 0.3) is 0 Å². The highest BCUT2D eigenvalue weighted by Crippen LogP contribution is 2.12. The fourth-order valence-electron chi connectivity index (χ4n) is 1.63. The van der Waals surface area contributed by atoms with Crippen molar-refractivity contribution >= 4 is 11.6 Å². The van der Waals surface area contributed by atoms with Gasteiger partial charge in [-0.3, -0.25) is 0 Å². The molecular weight excluding hydrogens is 220 g/mol. The Morgan fingerprint density at radius 3 is 2.81 bits per heavy atom. The lowest BCUT2D eigenvalue weighted by Crippen LogP contribution is -1.93. The molecule has 2 nitrogen and oxygen atoms in total. The molecule has 2 rings (SSSR count). The first-order valence-corrected chi connectivity index (χ1v) is 5.72. The van der Waals surface area contributed by atoms with Gasteiger partial charge in [0, 0.05) is 16.9 Å². The molecule has 0 saturated heterocycles. The third kappa shape index (κ3) is 3.31. The molecule has 1 heterocycles. The van der Waals surface area contributed by atoms with Gasteiger partial charge < -0.3 is 0 Å². The molecule has 0 atom stereocenters. The van der Waals surface area contributed by atoms with Crippen LogP contribution in [0.3, 0.4) is 0 Å². The quantitative estimate of drug-likeness (QED) is 0.808. The van der Waals surface area contributed by atoms with Crippen molar-refractivity contribution in [2.75, 3.05) is 0 Å². The van der Waals surface area contributed by atoms with Crippen molar-refractivity contribution in [3.8, 4) is 0 Å². The van der Waals surface area contributed by atoms with Crippen LogP contribution in [0.1, 0.15) is 17.7 Å². The molecule has 0 radical (unpaired) electrons. The van der Waals surface area contributed by atoms with Crippen LogP contribution >= 0.6 is 11.6 Å². The maximum absolute atomic E-state index is 5.92. The first-order valence-electron chi connectivity index (χ1n) is 5.34. The highest BCUT2D eigenvalue weighted by atomic mass is 35.5. The van der Waals surface area contributed by atoms with Gasteiger partial charge in [0.25, 0.3) is 0 Å². The summed E-state index contributed by atoms with van der Waals surface area (Å²) in [7, 11) is 0. The largest absolute Gasteiger partial charge is 0.245 e. The third-order valence-corrected chi connectivity index (χ3v) is 2.67. The maximum atomic E-state index is 5.92. The van der Waals surface area contributed by atoms with Crippen molar-refractivity contribution in [1.29, 1.82) is 0 Å². The van der Waals surface area contributed by atoms with Gasteiger partial charge >= 0.3 is 0 Å². The molecule has 82 valence electrons. The summed E-state index contributed by atoms with van der Waals surface area (Å²) < 4.78 is 0. The van der Waals surface area contributed by atoms with Crippen LogP contribution in [0.4, 0.5) is 0 Å². The van der Waals surface area contributed by atoms with Crippen LogP contribution < -0.4 is 0 Å². The number of hydrogen-bond acceptors (Lipinski definition) is 2. The lowest BCUT2D eigenvalue weighted by molar-refractivity contribution is 0.795. The molecule has 0 aliphatic heterocycles. The van der Waals surface area contributed by atoms with Crippen LogP contribution in [0.2, 0.25) is 5.02 Å². The van der Waals surface area contributed by atoms with Gasteiger partial charge in [0.1, 0.15) is 6.33 Å². The van der Waals surface area contributed by atoms with E-state index in [-0.39, 0.29) is 0 Å². The summed E-state index contributed by atoms with van der Waals surface area (Å²) in [5, 5.41) is 0.805. The number of nitrogens with zero attached hydrogens (tertiary/aromatic N) is 2. The molecule has 0 aliphatic rings. The second-order valence-corrected chi connectivity index (χ2v) is 4.12. The molecule has 2 aromatic rings. The molecular formula is C13H13ClN2. The van der Waals surface area contributed by atoms with Gasteiger partial charge in [0.2, 0.25) is 0 Å². The minimum absolute atomic E-state index is 0.805. The number of rotatable bonds is 4. The molecule has 0 bridgehead atoms. The topological polar surface area (TPSA) is 25.8 Å². The molecule has 0 aliphatic carbocycles. The number of hydrogen-bond donors (Lipinski definition) is 0. The van der Waals surface area contributed by atoms with Crippen LogP contribution in [-0.2, 0) is 12.8 Å². The van der Waals surface area contributed by atoms with Crippen molar-refractivity contribution in [3.05, 3.63) is 59.1 Å². The van der Waals surface area contributed by atoms with E-state index in [1.54, 1.807) is 12.5 Å². The SMILES string of the molecule is Clc1cccc(CCCc2ccncn2)c1. The Morgan fingerprint density at radius 1 is 1.12 bits per heavy atom. The van der Waals surface area contributed by atoms with Crippen molar-refractivity contribution in [3.63, 3.8) is 0 Å². The van der Waals surface area contributed by atoms with E-state index < -0.39 is 0 Å². The van der Waals surface area contributed by atoms with Gasteiger partial charge in [-0.1, -0.05) is 23.7 Å². The molecule has 16 heavy (non-hydrogen) atoms. The zero-order chi connectivity index (χ0) is 11.2. The number of benzene rings is 1. The zero-order valence-electron chi connectivity index (χ0n) is 8.94. The summed E-state index contributed by atoms with van der Waals surface area (Å²) in [6.07, 6.45) is 6.47. The Hall–Kier alpha value is -1.41. The highest BCUT2D eigenvalue weighted by molar-refractivity contribution is 6.30. The molecule has 1 aromatic carbocycles. The Bertz CT molecular complexity index is 443. The monoisotopic (exact) mass is 232 g/mol. The minimum atomic E-state index is 0.805. The highest BCUT2D eigenvalue weighted by Gasteiger charge is 1.97. The smallest absolute Gasteiger partial charge is 0.115 e. The number of aryl methyl sites for hydroxylation is 2.